The van der Waals surface area contributed by atoms with Crippen LogP contribution in [0, 0.1) is 5.41 Å². The Morgan fingerprint density at radius 2 is 2.09 bits per heavy atom. The van der Waals surface area contributed by atoms with E-state index < -0.39 is 11.0 Å². The van der Waals surface area contributed by atoms with Crippen LogP contribution >= 0.6 is 0 Å². The van der Waals surface area contributed by atoms with Crippen LogP contribution in [0.3, 0.4) is 0 Å². The van der Waals surface area contributed by atoms with Crippen LogP contribution in [0.5, 0.6) is 0 Å². The van der Waals surface area contributed by atoms with Crippen LogP contribution in [-0.2, 0) is 14.3 Å². The van der Waals surface area contributed by atoms with Crippen LogP contribution in [0.4, 0.5) is 0 Å². The van der Waals surface area contributed by atoms with Crippen molar-refractivity contribution in [1.82, 2.24) is 0 Å². The average Bonchev–Trinajstić information content (AvgIpc) is 2.91. The largest absolute Gasteiger partial charge is 0.463 e. The van der Waals surface area contributed by atoms with Crippen molar-refractivity contribution >= 4 is 11.8 Å². The predicted molar refractivity (Wildman–Crippen MR) is 88.8 cm³/mol. The fourth-order valence-corrected chi connectivity index (χ4v) is 3.49. The second kappa shape index (κ2) is 6.44. The molecular formula is C19H26O4. The summed E-state index contributed by atoms with van der Waals surface area (Å²) < 4.78 is 5.10. The lowest BCUT2D eigenvalue weighted by molar-refractivity contribution is -0.138. The lowest BCUT2D eigenvalue weighted by Crippen LogP contribution is -2.48. The standard InChI is InChI=1S/C19H26O4/c1-5-23-17(21)16-8-6-7-14(16)9-10-19(22)13(2)11-15(20)12-18(19,3)4/h9-11,22H,5-8,12H2,1-4H3. The van der Waals surface area contributed by atoms with Gasteiger partial charge in [-0.3, -0.25) is 4.79 Å². The number of ketones is 1. The van der Waals surface area contributed by atoms with Gasteiger partial charge in [-0.25, -0.2) is 4.79 Å². The second-order valence-electron chi connectivity index (χ2n) is 7.03. The Bertz CT molecular complexity index is 607. The molecule has 1 atom stereocenters. The maximum absolute atomic E-state index is 12.0. The zero-order valence-corrected chi connectivity index (χ0v) is 14.4. The topological polar surface area (TPSA) is 63.6 Å². The lowest BCUT2D eigenvalue weighted by atomic mass is 9.64. The van der Waals surface area contributed by atoms with E-state index in [0.717, 1.165) is 18.4 Å². The minimum Gasteiger partial charge on any atom is -0.463 e. The molecule has 0 aromatic rings. The first-order valence-corrected chi connectivity index (χ1v) is 8.23. The zero-order valence-electron chi connectivity index (χ0n) is 14.4. The number of aliphatic hydroxyl groups is 1. The number of rotatable bonds is 4. The number of allylic oxidation sites excluding steroid dienone is 3. The lowest BCUT2D eigenvalue weighted by Gasteiger charge is -2.44. The first-order chi connectivity index (χ1) is 10.7. The van der Waals surface area contributed by atoms with Crippen LogP contribution in [-0.4, -0.2) is 29.1 Å². The summed E-state index contributed by atoms with van der Waals surface area (Å²) in [7, 11) is 0. The smallest absolute Gasteiger partial charge is 0.334 e. The van der Waals surface area contributed by atoms with Crippen molar-refractivity contribution in [2.24, 2.45) is 5.41 Å². The number of carbonyl (C=O) groups excluding carboxylic acids is 2. The average molecular weight is 318 g/mol. The molecule has 2 aliphatic carbocycles. The van der Waals surface area contributed by atoms with Crippen molar-refractivity contribution in [3.8, 4) is 0 Å². The minimum absolute atomic E-state index is 0.0397. The highest BCUT2D eigenvalue weighted by atomic mass is 16.5. The molecule has 0 bridgehead atoms. The van der Waals surface area contributed by atoms with Gasteiger partial charge in [-0.1, -0.05) is 19.9 Å². The third-order valence-electron chi connectivity index (χ3n) is 4.93. The van der Waals surface area contributed by atoms with Gasteiger partial charge in [-0.2, -0.15) is 0 Å². The SMILES string of the molecule is CCOC(=O)C1=C(C=CC2(O)C(C)=CC(=O)CC2(C)C)CCC1. The van der Waals surface area contributed by atoms with Crippen LogP contribution in [0.15, 0.2) is 34.9 Å². The predicted octanol–water partition coefficient (Wildman–Crippen LogP) is 3.26. The molecule has 0 aromatic carbocycles. The fourth-order valence-electron chi connectivity index (χ4n) is 3.49. The monoisotopic (exact) mass is 318 g/mol. The van der Waals surface area contributed by atoms with Gasteiger partial charge in [0.2, 0.25) is 0 Å². The zero-order chi connectivity index (χ0) is 17.3. The Morgan fingerprint density at radius 1 is 1.39 bits per heavy atom. The molecule has 0 fully saturated rings. The summed E-state index contributed by atoms with van der Waals surface area (Å²) in [6.07, 6.45) is 7.85. The number of ether oxygens (including phenoxy) is 1. The minimum atomic E-state index is -1.18. The molecule has 2 aliphatic rings. The maximum Gasteiger partial charge on any atom is 0.334 e. The molecule has 0 saturated carbocycles. The Balaban J connectivity index is 2.34. The fraction of sp³-hybridized carbons (Fsp3) is 0.579. The highest BCUT2D eigenvalue weighted by molar-refractivity contribution is 5.93. The van der Waals surface area contributed by atoms with Crippen LogP contribution in [0.25, 0.3) is 0 Å². The van der Waals surface area contributed by atoms with E-state index in [0.29, 0.717) is 30.6 Å². The van der Waals surface area contributed by atoms with Crippen LogP contribution in [0.2, 0.25) is 0 Å². The second-order valence-corrected chi connectivity index (χ2v) is 7.03. The third-order valence-corrected chi connectivity index (χ3v) is 4.93. The molecule has 0 spiro atoms. The Hall–Kier alpha value is -1.68. The summed E-state index contributed by atoms with van der Waals surface area (Å²) in [4.78, 5) is 23.8. The van der Waals surface area contributed by atoms with Crippen molar-refractivity contribution in [2.75, 3.05) is 6.61 Å². The molecule has 0 aromatic heterocycles. The van der Waals surface area contributed by atoms with E-state index >= 15 is 0 Å². The molecule has 4 heteroatoms. The summed E-state index contributed by atoms with van der Waals surface area (Å²) in [6, 6.07) is 0. The molecule has 0 radical (unpaired) electrons. The van der Waals surface area contributed by atoms with Crippen molar-refractivity contribution < 1.29 is 19.4 Å². The van der Waals surface area contributed by atoms with E-state index in [2.05, 4.69) is 0 Å². The molecule has 0 heterocycles. The van der Waals surface area contributed by atoms with E-state index in [9.17, 15) is 14.7 Å². The van der Waals surface area contributed by atoms with Crippen LogP contribution < -0.4 is 0 Å². The summed E-state index contributed by atoms with van der Waals surface area (Å²) in [6.45, 7) is 7.71. The van der Waals surface area contributed by atoms with Crippen molar-refractivity contribution in [1.29, 1.82) is 0 Å². The maximum atomic E-state index is 12.0. The van der Waals surface area contributed by atoms with Gasteiger partial charge in [0, 0.05) is 17.4 Å². The molecule has 1 unspecified atom stereocenters. The molecule has 4 nitrogen and oxygen atoms in total. The van der Waals surface area contributed by atoms with Crippen molar-refractivity contribution in [3.05, 3.63) is 34.9 Å². The number of esters is 1. The summed E-state index contributed by atoms with van der Waals surface area (Å²) in [5.41, 5.74) is 0.514. The van der Waals surface area contributed by atoms with Gasteiger partial charge in [0.15, 0.2) is 5.78 Å². The molecule has 126 valence electrons. The van der Waals surface area contributed by atoms with E-state index in [4.69, 9.17) is 4.74 Å². The van der Waals surface area contributed by atoms with E-state index in [1.54, 1.807) is 19.9 Å². The molecule has 0 aliphatic heterocycles. The Kier molecular flexibility index (Phi) is 4.95. The summed E-state index contributed by atoms with van der Waals surface area (Å²) in [5, 5.41) is 11.1. The van der Waals surface area contributed by atoms with Gasteiger partial charge in [-0.15, -0.1) is 0 Å². The number of hydrogen-bond acceptors (Lipinski definition) is 4. The van der Waals surface area contributed by atoms with Gasteiger partial charge in [0.05, 0.1) is 6.61 Å². The normalized spacial score (nSPS) is 27.5. The molecule has 1 N–H and O–H groups in total. The van der Waals surface area contributed by atoms with Gasteiger partial charge in [-0.05, 0) is 56.4 Å². The Labute approximate surface area is 137 Å². The van der Waals surface area contributed by atoms with Crippen molar-refractivity contribution in [3.63, 3.8) is 0 Å². The van der Waals surface area contributed by atoms with Gasteiger partial charge in [0.1, 0.15) is 5.60 Å². The molecule has 23 heavy (non-hydrogen) atoms. The van der Waals surface area contributed by atoms with Gasteiger partial charge >= 0.3 is 5.97 Å². The molecule has 2 rings (SSSR count). The molecule has 0 saturated heterocycles. The van der Waals surface area contributed by atoms with Gasteiger partial charge < -0.3 is 9.84 Å². The highest BCUT2D eigenvalue weighted by Crippen LogP contribution is 2.44. The Morgan fingerprint density at radius 3 is 2.70 bits per heavy atom. The summed E-state index contributed by atoms with van der Waals surface area (Å²) in [5.74, 6) is -0.222. The third kappa shape index (κ3) is 3.32. The molecule has 0 amide bonds. The summed E-state index contributed by atoms with van der Waals surface area (Å²) >= 11 is 0. The van der Waals surface area contributed by atoms with Crippen LogP contribution in [0.1, 0.15) is 53.4 Å². The quantitative estimate of drug-likeness (QED) is 0.808. The number of carbonyl (C=O) groups is 2. The highest BCUT2D eigenvalue weighted by Gasteiger charge is 2.46. The molecular weight excluding hydrogens is 292 g/mol. The first kappa shape index (κ1) is 17.7. The van der Waals surface area contributed by atoms with E-state index in [1.165, 1.54) is 6.08 Å². The van der Waals surface area contributed by atoms with E-state index in [1.807, 2.05) is 19.9 Å². The van der Waals surface area contributed by atoms with Crippen molar-refractivity contribution in [2.45, 2.75) is 59.0 Å². The van der Waals surface area contributed by atoms with E-state index in [-0.39, 0.29) is 11.8 Å². The first-order valence-electron chi connectivity index (χ1n) is 8.23. The number of hydrogen-bond donors (Lipinski definition) is 1. The van der Waals surface area contributed by atoms with Gasteiger partial charge in [0.25, 0.3) is 0 Å².